The van der Waals surface area contributed by atoms with Gasteiger partial charge in [-0.05, 0) is 68.5 Å². The Morgan fingerprint density at radius 3 is 2.25 bits per heavy atom. The van der Waals surface area contributed by atoms with Crippen molar-refractivity contribution in [2.45, 2.75) is 25.9 Å². The maximum absolute atomic E-state index is 9.69. The zero-order valence-electron chi connectivity index (χ0n) is 11.2. The van der Waals surface area contributed by atoms with Crippen LogP contribution in [0.2, 0.25) is 0 Å². The molecule has 2 aromatic carbocycles. The van der Waals surface area contributed by atoms with Crippen LogP contribution in [0.4, 0.5) is 0 Å². The molecule has 0 spiro atoms. The van der Waals surface area contributed by atoms with Gasteiger partial charge in [-0.3, -0.25) is 0 Å². The summed E-state index contributed by atoms with van der Waals surface area (Å²) < 4.78 is 1.42. The van der Waals surface area contributed by atoms with Crippen LogP contribution in [-0.4, -0.2) is 11.1 Å². The summed E-state index contributed by atoms with van der Waals surface area (Å²) in [6.07, 6.45) is 1.00. The summed E-state index contributed by atoms with van der Waals surface area (Å²) in [4.78, 5) is 0. The average Bonchev–Trinajstić information content (AvgIpc) is 2.43. The molecule has 0 amide bonds. The third-order valence-corrected chi connectivity index (χ3v) is 4.33. The lowest BCUT2D eigenvalue weighted by molar-refractivity contribution is 0.467. The predicted molar refractivity (Wildman–Crippen MR) is 90.0 cm³/mol. The Bertz CT molecular complexity index is 549. The Morgan fingerprint density at radius 1 is 1.05 bits per heavy atom. The lowest BCUT2D eigenvalue weighted by Crippen LogP contribution is -2.27. The van der Waals surface area contributed by atoms with Gasteiger partial charge in [-0.25, -0.2) is 0 Å². The molecule has 2 aromatic rings. The minimum absolute atomic E-state index is 0.242. The Kier molecular flexibility index (Phi) is 5.64. The quantitative estimate of drug-likeness (QED) is 0.768. The van der Waals surface area contributed by atoms with Gasteiger partial charge in [-0.2, -0.15) is 0 Å². The molecule has 0 saturated carbocycles. The van der Waals surface area contributed by atoms with Crippen molar-refractivity contribution >= 4 is 31.9 Å². The predicted octanol–water partition coefficient (Wildman–Crippen LogP) is 4.64. The van der Waals surface area contributed by atoms with E-state index in [9.17, 15) is 5.11 Å². The maximum Gasteiger partial charge on any atom is 0.143 e. The highest BCUT2D eigenvalue weighted by Crippen LogP contribution is 2.33. The molecule has 0 saturated heterocycles. The van der Waals surface area contributed by atoms with Gasteiger partial charge in [0, 0.05) is 12.6 Å². The maximum atomic E-state index is 9.69. The SMILES string of the molecule is CC(Cc1ccccc1)NCc1cc(Br)c(O)c(Br)c1. The van der Waals surface area contributed by atoms with Gasteiger partial charge in [-0.15, -0.1) is 0 Å². The molecule has 0 bridgehead atoms. The molecule has 20 heavy (non-hydrogen) atoms. The number of nitrogens with one attached hydrogen (secondary N) is 1. The molecule has 4 heteroatoms. The van der Waals surface area contributed by atoms with Gasteiger partial charge in [0.05, 0.1) is 8.95 Å². The van der Waals surface area contributed by atoms with Crippen LogP contribution in [0.15, 0.2) is 51.4 Å². The first-order valence-corrected chi connectivity index (χ1v) is 8.09. The molecule has 0 aliphatic rings. The van der Waals surface area contributed by atoms with E-state index < -0.39 is 0 Å². The Labute approximate surface area is 136 Å². The minimum Gasteiger partial charge on any atom is -0.506 e. The van der Waals surface area contributed by atoms with Crippen LogP contribution < -0.4 is 5.32 Å². The van der Waals surface area contributed by atoms with Crippen LogP contribution in [0.5, 0.6) is 5.75 Å². The smallest absolute Gasteiger partial charge is 0.143 e. The first-order valence-electron chi connectivity index (χ1n) is 6.50. The molecule has 0 aromatic heterocycles. The van der Waals surface area contributed by atoms with Crippen molar-refractivity contribution in [3.05, 3.63) is 62.5 Å². The number of rotatable bonds is 5. The molecular weight excluding hydrogens is 382 g/mol. The molecule has 2 nitrogen and oxygen atoms in total. The van der Waals surface area contributed by atoms with Crippen molar-refractivity contribution < 1.29 is 5.11 Å². The second-order valence-electron chi connectivity index (χ2n) is 4.88. The largest absolute Gasteiger partial charge is 0.506 e. The monoisotopic (exact) mass is 397 g/mol. The van der Waals surface area contributed by atoms with E-state index in [1.807, 2.05) is 18.2 Å². The molecule has 0 radical (unpaired) electrons. The van der Waals surface area contributed by atoms with Crippen molar-refractivity contribution in [1.82, 2.24) is 5.32 Å². The summed E-state index contributed by atoms with van der Waals surface area (Å²) >= 11 is 6.70. The Hall–Kier alpha value is -0.840. The van der Waals surface area contributed by atoms with E-state index in [-0.39, 0.29) is 5.75 Å². The molecule has 0 fully saturated rings. The van der Waals surface area contributed by atoms with Gasteiger partial charge < -0.3 is 10.4 Å². The van der Waals surface area contributed by atoms with Gasteiger partial charge in [0.1, 0.15) is 5.75 Å². The minimum atomic E-state index is 0.242. The standard InChI is InChI=1S/C16H17Br2NO/c1-11(7-12-5-3-2-4-6-12)19-10-13-8-14(17)16(20)15(18)9-13/h2-6,8-9,11,19-20H,7,10H2,1H3. The number of phenols is 1. The number of aromatic hydroxyl groups is 1. The zero-order valence-corrected chi connectivity index (χ0v) is 14.4. The van der Waals surface area contributed by atoms with E-state index in [0.717, 1.165) is 18.5 Å². The number of halogens is 2. The number of phenolic OH excluding ortho intramolecular Hbond substituents is 1. The third kappa shape index (κ3) is 4.33. The number of hydrogen-bond donors (Lipinski definition) is 2. The highest BCUT2D eigenvalue weighted by Gasteiger charge is 2.07. The van der Waals surface area contributed by atoms with E-state index in [1.165, 1.54) is 5.56 Å². The molecular formula is C16H17Br2NO. The van der Waals surface area contributed by atoms with Crippen molar-refractivity contribution in [3.63, 3.8) is 0 Å². The fraction of sp³-hybridized carbons (Fsp3) is 0.250. The highest BCUT2D eigenvalue weighted by atomic mass is 79.9. The second-order valence-corrected chi connectivity index (χ2v) is 6.59. The van der Waals surface area contributed by atoms with E-state index in [0.29, 0.717) is 15.0 Å². The highest BCUT2D eigenvalue weighted by molar-refractivity contribution is 9.11. The molecule has 0 aliphatic heterocycles. The average molecular weight is 399 g/mol. The lowest BCUT2D eigenvalue weighted by atomic mass is 10.1. The summed E-state index contributed by atoms with van der Waals surface area (Å²) in [6, 6.07) is 14.7. The summed E-state index contributed by atoms with van der Waals surface area (Å²) in [6.45, 7) is 2.95. The Morgan fingerprint density at radius 2 is 1.65 bits per heavy atom. The molecule has 1 unspecified atom stereocenters. The molecule has 1 atom stereocenters. The van der Waals surface area contributed by atoms with Crippen LogP contribution in [-0.2, 0) is 13.0 Å². The summed E-state index contributed by atoms with van der Waals surface area (Å²) in [5.41, 5.74) is 2.46. The van der Waals surface area contributed by atoms with Crippen LogP contribution in [0, 0.1) is 0 Å². The van der Waals surface area contributed by atoms with Crippen molar-refractivity contribution in [3.8, 4) is 5.75 Å². The van der Waals surface area contributed by atoms with Gasteiger partial charge >= 0.3 is 0 Å². The van der Waals surface area contributed by atoms with E-state index in [4.69, 9.17) is 0 Å². The third-order valence-electron chi connectivity index (χ3n) is 3.12. The van der Waals surface area contributed by atoms with Gasteiger partial charge in [0.2, 0.25) is 0 Å². The first-order chi connectivity index (χ1) is 9.56. The van der Waals surface area contributed by atoms with E-state index in [2.05, 4.69) is 68.4 Å². The van der Waals surface area contributed by atoms with Crippen LogP contribution in [0.25, 0.3) is 0 Å². The van der Waals surface area contributed by atoms with E-state index >= 15 is 0 Å². The van der Waals surface area contributed by atoms with Gasteiger partial charge in [-0.1, -0.05) is 30.3 Å². The number of hydrogen-bond acceptors (Lipinski definition) is 2. The van der Waals surface area contributed by atoms with Crippen molar-refractivity contribution in [2.24, 2.45) is 0 Å². The molecule has 0 aliphatic carbocycles. The van der Waals surface area contributed by atoms with Crippen LogP contribution >= 0.6 is 31.9 Å². The van der Waals surface area contributed by atoms with Crippen LogP contribution in [0.1, 0.15) is 18.1 Å². The topological polar surface area (TPSA) is 32.3 Å². The molecule has 2 rings (SSSR count). The van der Waals surface area contributed by atoms with Crippen molar-refractivity contribution in [2.75, 3.05) is 0 Å². The van der Waals surface area contributed by atoms with Gasteiger partial charge in [0.25, 0.3) is 0 Å². The normalized spacial score (nSPS) is 12.3. The summed E-state index contributed by atoms with van der Waals surface area (Å²) in [7, 11) is 0. The Balaban J connectivity index is 1.92. The molecule has 2 N–H and O–H groups in total. The zero-order chi connectivity index (χ0) is 14.5. The number of benzene rings is 2. The van der Waals surface area contributed by atoms with Gasteiger partial charge in [0.15, 0.2) is 0 Å². The fourth-order valence-electron chi connectivity index (χ4n) is 2.05. The lowest BCUT2D eigenvalue weighted by Gasteiger charge is -2.14. The van der Waals surface area contributed by atoms with Crippen LogP contribution in [0.3, 0.4) is 0 Å². The second kappa shape index (κ2) is 7.25. The molecule has 0 heterocycles. The fourth-order valence-corrected chi connectivity index (χ4v) is 3.33. The summed E-state index contributed by atoms with van der Waals surface area (Å²) in [5.74, 6) is 0.242. The summed E-state index contributed by atoms with van der Waals surface area (Å²) in [5, 5.41) is 13.2. The van der Waals surface area contributed by atoms with E-state index in [1.54, 1.807) is 0 Å². The van der Waals surface area contributed by atoms with Crippen molar-refractivity contribution in [1.29, 1.82) is 0 Å². The molecule has 106 valence electrons. The first kappa shape index (κ1) is 15.5.